The molecule has 0 saturated heterocycles. The number of aromatic amines is 1. The predicted molar refractivity (Wildman–Crippen MR) is 76.3 cm³/mol. The van der Waals surface area contributed by atoms with Crippen molar-refractivity contribution in [1.82, 2.24) is 4.98 Å². The molecule has 1 aromatic heterocycles. The number of rotatable bonds is 1. The molecular weight excluding hydrogens is 288 g/mol. The molecule has 0 aliphatic heterocycles. The zero-order valence-corrected chi connectivity index (χ0v) is 12.2. The van der Waals surface area contributed by atoms with Gasteiger partial charge in [0.2, 0.25) is 0 Å². The second-order valence-electron chi connectivity index (χ2n) is 4.97. The lowest BCUT2D eigenvalue weighted by atomic mass is 10.2. The zero-order valence-electron chi connectivity index (χ0n) is 10.7. The van der Waals surface area contributed by atoms with Crippen molar-refractivity contribution < 1.29 is 13.9 Å². The summed E-state index contributed by atoms with van der Waals surface area (Å²) < 4.78 is 10.5. The number of amides is 1. The molecule has 2 N–H and O–H groups in total. The Morgan fingerprint density at radius 1 is 1.47 bits per heavy atom. The SMILES string of the molecule is CC(C)(C)OC(=O)Nc1cc(Cl)cc2[nH]c(=S)oc12. The van der Waals surface area contributed by atoms with Gasteiger partial charge in [-0.15, -0.1) is 0 Å². The summed E-state index contributed by atoms with van der Waals surface area (Å²) in [5, 5.41) is 3.04. The molecule has 102 valence electrons. The Morgan fingerprint density at radius 2 is 2.16 bits per heavy atom. The molecule has 0 unspecified atom stereocenters. The van der Waals surface area contributed by atoms with Gasteiger partial charge in [0.25, 0.3) is 4.84 Å². The highest BCUT2D eigenvalue weighted by Crippen LogP contribution is 2.28. The van der Waals surface area contributed by atoms with Gasteiger partial charge < -0.3 is 14.1 Å². The molecule has 2 rings (SSSR count). The van der Waals surface area contributed by atoms with Crippen molar-refractivity contribution in [3.8, 4) is 0 Å². The number of nitrogens with one attached hydrogen (secondary N) is 2. The summed E-state index contributed by atoms with van der Waals surface area (Å²) in [6.07, 6.45) is -0.585. The first-order valence-electron chi connectivity index (χ1n) is 5.57. The number of aromatic nitrogens is 1. The van der Waals surface area contributed by atoms with E-state index in [0.29, 0.717) is 21.8 Å². The summed E-state index contributed by atoms with van der Waals surface area (Å²) in [5.74, 6) is 0. The molecule has 19 heavy (non-hydrogen) atoms. The maximum Gasteiger partial charge on any atom is 0.412 e. The third-order valence-corrected chi connectivity index (χ3v) is 2.52. The van der Waals surface area contributed by atoms with Crippen molar-refractivity contribution in [3.63, 3.8) is 0 Å². The smallest absolute Gasteiger partial charge is 0.412 e. The number of carbonyl (C=O) groups is 1. The van der Waals surface area contributed by atoms with Crippen LogP contribution in [-0.2, 0) is 4.74 Å². The average molecular weight is 301 g/mol. The van der Waals surface area contributed by atoms with Gasteiger partial charge in [0.15, 0.2) is 5.58 Å². The van der Waals surface area contributed by atoms with Crippen LogP contribution in [0.5, 0.6) is 0 Å². The van der Waals surface area contributed by atoms with E-state index in [4.69, 9.17) is 33.0 Å². The Morgan fingerprint density at radius 3 is 2.79 bits per heavy atom. The molecule has 1 heterocycles. The lowest BCUT2D eigenvalue weighted by Gasteiger charge is -2.19. The fourth-order valence-electron chi connectivity index (χ4n) is 1.53. The lowest BCUT2D eigenvalue weighted by molar-refractivity contribution is 0.0636. The second kappa shape index (κ2) is 4.86. The van der Waals surface area contributed by atoms with Gasteiger partial charge in [-0.2, -0.15) is 0 Å². The monoisotopic (exact) mass is 300 g/mol. The number of carbonyl (C=O) groups excluding carboxylic acids is 1. The molecule has 1 aromatic carbocycles. The number of ether oxygens (including phenoxy) is 1. The molecule has 0 fully saturated rings. The van der Waals surface area contributed by atoms with Gasteiger partial charge >= 0.3 is 6.09 Å². The zero-order chi connectivity index (χ0) is 14.2. The molecule has 0 aliphatic carbocycles. The first-order chi connectivity index (χ1) is 8.74. The topological polar surface area (TPSA) is 67.3 Å². The van der Waals surface area contributed by atoms with E-state index in [1.54, 1.807) is 32.9 Å². The first-order valence-corrected chi connectivity index (χ1v) is 6.35. The molecule has 2 aromatic rings. The Balaban J connectivity index is 2.34. The Kier molecular flexibility index (Phi) is 3.56. The molecule has 0 aliphatic rings. The molecule has 7 heteroatoms. The van der Waals surface area contributed by atoms with E-state index in [1.165, 1.54) is 0 Å². The largest absolute Gasteiger partial charge is 0.444 e. The van der Waals surface area contributed by atoms with Gasteiger partial charge in [-0.1, -0.05) is 11.6 Å². The summed E-state index contributed by atoms with van der Waals surface area (Å²) in [6, 6.07) is 3.23. The summed E-state index contributed by atoms with van der Waals surface area (Å²) in [7, 11) is 0. The van der Waals surface area contributed by atoms with Crippen molar-refractivity contribution in [2.45, 2.75) is 26.4 Å². The molecule has 0 spiro atoms. The van der Waals surface area contributed by atoms with E-state index >= 15 is 0 Å². The molecule has 0 atom stereocenters. The third-order valence-electron chi connectivity index (χ3n) is 2.12. The third kappa shape index (κ3) is 3.48. The van der Waals surface area contributed by atoms with Crippen LogP contribution in [0.4, 0.5) is 10.5 Å². The fourth-order valence-corrected chi connectivity index (χ4v) is 1.94. The molecule has 0 saturated carbocycles. The fraction of sp³-hybridized carbons (Fsp3) is 0.333. The minimum atomic E-state index is -0.585. The Hall–Kier alpha value is -1.53. The van der Waals surface area contributed by atoms with Crippen LogP contribution in [0, 0.1) is 4.84 Å². The van der Waals surface area contributed by atoms with Gasteiger partial charge in [-0.25, -0.2) is 4.79 Å². The van der Waals surface area contributed by atoms with E-state index in [0.717, 1.165) is 0 Å². The van der Waals surface area contributed by atoms with Crippen LogP contribution in [0.15, 0.2) is 16.5 Å². The summed E-state index contributed by atoms with van der Waals surface area (Å²) >= 11 is 10.9. The number of H-pyrrole nitrogens is 1. The van der Waals surface area contributed by atoms with Gasteiger partial charge in [0, 0.05) is 5.02 Å². The summed E-state index contributed by atoms with van der Waals surface area (Å²) in [6.45, 7) is 5.34. The van der Waals surface area contributed by atoms with Crippen molar-refractivity contribution in [2.75, 3.05) is 5.32 Å². The summed E-state index contributed by atoms with van der Waals surface area (Å²) in [4.78, 5) is 14.8. The van der Waals surface area contributed by atoms with E-state index in [9.17, 15) is 4.79 Å². The van der Waals surface area contributed by atoms with E-state index in [-0.39, 0.29) is 4.84 Å². The number of anilines is 1. The molecule has 1 amide bonds. The van der Waals surface area contributed by atoms with Crippen molar-refractivity contribution >= 4 is 46.7 Å². The van der Waals surface area contributed by atoms with Crippen LogP contribution in [0.25, 0.3) is 11.1 Å². The normalized spacial score (nSPS) is 11.6. The number of benzene rings is 1. The van der Waals surface area contributed by atoms with Gasteiger partial charge in [0.05, 0.1) is 11.2 Å². The maximum absolute atomic E-state index is 11.7. The van der Waals surface area contributed by atoms with Gasteiger partial charge in [-0.3, -0.25) is 5.32 Å². The van der Waals surface area contributed by atoms with Crippen LogP contribution < -0.4 is 5.32 Å². The predicted octanol–water partition coefficient (Wildman–Crippen LogP) is 4.49. The highest BCUT2D eigenvalue weighted by molar-refractivity contribution is 7.71. The highest BCUT2D eigenvalue weighted by Gasteiger charge is 2.18. The Bertz CT molecular complexity index is 684. The van der Waals surface area contributed by atoms with Gasteiger partial charge in [-0.05, 0) is 45.1 Å². The Labute approximate surface area is 119 Å². The maximum atomic E-state index is 11.7. The number of hydrogen-bond donors (Lipinski definition) is 2. The van der Waals surface area contributed by atoms with Crippen molar-refractivity contribution in [2.24, 2.45) is 0 Å². The quantitative estimate of drug-likeness (QED) is 0.761. The molecule has 5 nitrogen and oxygen atoms in total. The summed E-state index contributed by atoms with van der Waals surface area (Å²) in [5.41, 5.74) is 0.869. The highest BCUT2D eigenvalue weighted by atomic mass is 35.5. The average Bonchev–Trinajstić information content (AvgIpc) is 2.55. The van der Waals surface area contributed by atoms with E-state index in [2.05, 4.69) is 10.3 Å². The standard InChI is InChI=1S/C12H13ClN2O3S/c1-12(2,3)18-10(16)14-7-4-6(13)5-8-9(7)17-11(19)15-8/h4-5H,1-3H3,(H,14,16)(H,15,19). The number of halogens is 1. The molecule has 0 radical (unpaired) electrons. The van der Waals surface area contributed by atoms with Crippen LogP contribution >= 0.6 is 23.8 Å². The van der Waals surface area contributed by atoms with Crippen LogP contribution in [0.3, 0.4) is 0 Å². The molecular formula is C12H13ClN2O3S. The van der Waals surface area contributed by atoms with E-state index < -0.39 is 11.7 Å². The number of hydrogen-bond acceptors (Lipinski definition) is 4. The number of fused-ring (bicyclic) bond motifs is 1. The van der Waals surface area contributed by atoms with Gasteiger partial charge in [0.1, 0.15) is 5.60 Å². The second-order valence-corrected chi connectivity index (χ2v) is 5.78. The lowest BCUT2D eigenvalue weighted by Crippen LogP contribution is -2.27. The van der Waals surface area contributed by atoms with Crippen molar-refractivity contribution in [1.29, 1.82) is 0 Å². The van der Waals surface area contributed by atoms with Crippen LogP contribution in [0.2, 0.25) is 5.02 Å². The first kappa shape index (κ1) is 13.9. The number of oxazole rings is 1. The van der Waals surface area contributed by atoms with Crippen LogP contribution in [-0.4, -0.2) is 16.7 Å². The molecule has 0 bridgehead atoms. The minimum Gasteiger partial charge on any atom is -0.444 e. The van der Waals surface area contributed by atoms with Crippen molar-refractivity contribution in [3.05, 3.63) is 22.0 Å². The minimum absolute atomic E-state index is 0.213. The van der Waals surface area contributed by atoms with E-state index in [1.807, 2.05) is 0 Å². The van der Waals surface area contributed by atoms with Crippen LogP contribution in [0.1, 0.15) is 20.8 Å².